The lowest BCUT2D eigenvalue weighted by atomic mass is 10.0. The van der Waals surface area contributed by atoms with Gasteiger partial charge in [-0.1, -0.05) is 6.07 Å². The molecule has 2 N–H and O–H groups in total. The van der Waals surface area contributed by atoms with Gasteiger partial charge < -0.3 is 24.4 Å². The first-order chi connectivity index (χ1) is 10.1. The zero-order chi connectivity index (χ0) is 15.4. The van der Waals surface area contributed by atoms with Crippen LogP contribution in [0, 0.1) is 0 Å². The molecule has 1 unspecified atom stereocenters. The molecule has 1 heterocycles. The lowest BCUT2D eigenvalue weighted by Gasteiger charge is -2.17. The van der Waals surface area contributed by atoms with Crippen molar-refractivity contribution < 1.29 is 23.4 Å². The van der Waals surface area contributed by atoms with E-state index in [2.05, 4.69) is 4.74 Å². The molecule has 1 atom stereocenters. The molecule has 6 nitrogen and oxygen atoms in total. The summed E-state index contributed by atoms with van der Waals surface area (Å²) in [5.74, 6) is 1.12. The SMILES string of the molecule is COC(=O)c1ccc(C(N)c2c(OC)cccc2OC)o1. The van der Waals surface area contributed by atoms with Gasteiger partial charge >= 0.3 is 5.97 Å². The Kier molecular flexibility index (Phi) is 4.49. The Morgan fingerprint density at radius 3 is 2.24 bits per heavy atom. The normalized spacial score (nSPS) is 11.8. The van der Waals surface area contributed by atoms with E-state index in [1.165, 1.54) is 13.2 Å². The van der Waals surface area contributed by atoms with Crippen LogP contribution in [-0.4, -0.2) is 27.3 Å². The van der Waals surface area contributed by atoms with Crippen LogP contribution in [-0.2, 0) is 4.74 Å². The summed E-state index contributed by atoms with van der Waals surface area (Å²) in [4.78, 5) is 11.4. The fourth-order valence-corrected chi connectivity index (χ4v) is 2.06. The molecule has 21 heavy (non-hydrogen) atoms. The fraction of sp³-hybridized carbons (Fsp3) is 0.267. The zero-order valence-electron chi connectivity index (χ0n) is 12.1. The van der Waals surface area contributed by atoms with Crippen LogP contribution in [0.1, 0.15) is 27.9 Å². The highest BCUT2D eigenvalue weighted by atomic mass is 16.5. The van der Waals surface area contributed by atoms with Gasteiger partial charge in [-0.3, -0.25) is 0 Å². The number of hydrogen-bond acceptors (Lipinski definition) is 6. The van der Waals surface area contributed by atoms with Crippen LogP contribution in [0.25, 0.3) is 0 Å². The minimum Gasteiger partial charge on any atom is -0.496 e. The van der Waals surface area contributed by atoms with E-state index >= 15 is 0 Å². The zero-order valence-corrected chi connectivity index (χ0v) is 12.1. The van der Waals surface area contributed by atoms with Crippen molar-refractivity contribution in [3.05, 3.63) is 47.4 Å². The summed E-state index contributed by atoms with van der Waals surface area (Å²) in [5.41, 5.74) is 6.86. The standard InChI is InChI=1S/C15H17NO5/c1-18-9-5-4-6-10(19-2)13(9)14(16)11-7-8-12(21-11)15(17)20-3/h4-8,14H,16H2,1-3H3. The van der Waals surface area contributed by atoms with Crippen molar-refractivity contribution in [2.24, 2.45) is 5.73 Å². The van der Waals surface area contributed by atoms with Crippen LogP contribution in [0.3, 0.4) is 0 Å². The second kappa shape index (κ2) is 6.32. The molecule has 0 aliphatic heterocycles. The van der Waals surface area contributed by atoms with Gasteiger partial charge in [-0.05, 0) is 24.3 Å². The number of carbonyl (C=O) groups is 1. The van der Waals surface area contributed by atoms with E-state index in [0.29, 0.717) is 22.8 Å². The van der Waals surface area contributed by atoms with Gasteiger partial charge in [-0.25, -0.2) is 4.79 Å². The first-order valence-electron chi connectivity index (χ1n) is 6.26. The van der Waals surface area contributed by atoms with E-state index in [9.17, 15) is 4.79 Å². The summed E-state index contributed by atoms with van der Waals surface area (Å²) in [5, 5.41) is 0. The molecule has 0 amide bonds. The predicted molar refractivity (Wildman–Crippen MR) is 75.6 cm³/mol. The molecule has 6 heteroatoms. The number of rotatable bonds is 5. The minimum absolute atomic E-state index is 0.0943. The summed E-state index contributed by atoms with van der Waals surface area (Å²) in [6.07, 6.45) is 0. The number of carbonyl (C=O) groups excluding carboxylic acids is 1. The predicted octanol–water partition coefficient (Wildman–Crippen LogP) is 2.13. The maximum atomic E-state index is 11.4. The first-order valence-corrected chi connectivity index (χ1v) is 6.26. The van der Waals surface area contributed by atoms with Crippen molar-refractivity contribution in [1.29, 1.82) is 0 Å². The van der Waals surface area contributed by atoms with Crippen LogP contribution in [0.2, 0.25) is 0 Å². The van der Waals surface area contributed by atoms with Gasteiger partial charge in [-0.2, -0.15) is 0 Å². The summed E-state index contributed by atoms with van der Waals surface area (Å²) in [6.45, 7) is 0. The number of furan rings is 1. The smallest absolute Gasteiger partial charge is 0.373 e. The van der Waals surface area contributed by atoms with E-state index in [1.54, 1.807) is 38.5 Å². The van der Waals surface area contributed by atoms with E-state index in [4.69, 9.17) is 19.6 Å². The Morgan fingerprint density at radius 2 is 1.71 bits per heavy atom. The lowest BCUT2D eigenvalue weighted by Crippen LogP contribution is -2.14. The Labute approximate surface area is 122 Å². The van der Waals surface area contributed by atoms with Gasteiger partial charge in [0.1, 0.15) is 17.3 Å². The maximum Gasteiger partial charge on any atom is 0.373 e. The number of nitrogens with two attached hydrogens (primary N) is 1. The summed E-state index contributed by atoms with van der Waals surface area (Å²) >= 11 is 0. The molecule has 0 radical (unpaired) electrons. The Morgan fingerprint density at radius 1 is 1.10 bits per heavy atom. The molecule has 2 aromatic rings. The second-order valence-corrected chi connectivity index (χ2v) is 4.25. The summed E-state index contributed by atoms with van der Waals surface area (Å²) in [7, 11) is 4.38. The van der Waals surface area contributed by atoms with Crippen LogP contribution in [0.5, 0.6) is 11.5 Å². The topological polar surface area (TPSA) is 83.9 Å². The van der Waals surface area contributed by atoms with Crippen molar-refractivity contribution in [3.63, 3.8) is 0 Å². The number of benzene rings is 1. The van der Waals surface area contributed by atoms with Crippen LogP contribution in [0.15, 0.2) is 34.7 Å². The average molecular weight is 291 g/mol. The van der Waals surface area contributed by atoms with Crippen LogP contribution >= 0.6 is 0 Å². The van der Waals surface area contributed by atoms with Gasteiger partial charge in [-0.15, -0.1) is 0 Å². The maximum absolute atomic E-state index is 11.4. The van der Waals surface area contributed by atoms with Gasteiger partial charge in [0.2, 0.25) is 5.76 Å². The number of methoxy groups -OCH3 is 3. The quantitative estimate of drug-likeness (QED) is 0.850. The molecule has 112 valence electrons. The van der Waals surface area contributed by atoms with Gasteiger partial charge in [0.25, 0.3) is 0 Å². The highest BCUT2D eigenvalue weighted by Gasteiger charge is 2.23. The Hall–Kier alpha value is -2.47. The van der Waals surface area contributed by atoms with Gasteiger partial charge in [0.05, 0.1) is 32.9 Å². The number of hydrogen-bond donors (Lipinski definition) is 1. The molecular weight excluding hydrogens is 274 g/mol. The molecule has 0 saturated heterocycles. The Balaban J connectivity index is 2.42. The third-order valence-electron chi connectivity index (χ3n) is 3.10. The average Bonchev–Trinajstić information content (AvgIpc) is 3.02. The lowest BCUT2D eigenvalue weighted by molar-refractivity contribution is 0.0562. The first kappa shape index (κ1) is 14.9. The van der Waals surface area contributed by atoms with Crippen molar-refractivity contribution in [2.45, 2.75) is 6.04 Å². The monoisotopic (exact) mass is 291 g/mol. The van der Waals surface area contributed by atoms with E-state index < -0.39 is 12.0 Å². The van der Waals surface area contributed by atoms with Crippen molar-refractivity contribution >= 4 is 5.97 Å². The molecule has 0 saturated carbocycles. The van der Waals surface area contributed by atoms with Gasteiger partial charge in [0.15, 0.2) is 0 Å². The molecule has 0 bridgehead atoms. The highest BCUT2D eigenvalue weighted by Crippen LogP contribution is 2.36. The van der Waals surface area contributed by atoms with Crippen molar-refractivity contribution in [3.8, 4) is 11.5 Å². The van der Waals surface area contributed by atoms with E-state index in [-0.39, 0.29) is 5.76 Å². The molecule has 0 aliphatic carbocycles. The van der Waals surface area contributed by atoms with Gasteiger partial charge in [0, 0.05) is 0 Å². The third-order valence-corrected chi connectivity index (χ3v) is 3.10. The summed E-state index contributed by atoms with van der Waals surface area (Å²) < 4.78 is 20.7. The van der Waals surface area contributed by atoms with Crippen LogP contribution < -0.4 is 15.2 Å². The largest absolute Gasteiger partial charge is 0.496 e. The van der Waals surface area contributed by atoms with E-state index in [1.807, 2.05) is 0 Å². The minimum atomic E-state index is -0.630. The number of ether oxygens (including phenoxy) is 3. The third kappa shape index (κ3) is 2.85. The molecule has 1 aromatic carbocycles. The van der Waals surface area contributed by atoms with Crippen molar-refractivity contribution in [2.75, 3.05) is 21.3 Å². The molecule has 1 aromatic heterocycles. The Bertz CT molecular complexity index is 612. The van der Waals surface area contributed by atoms with Crippen LogP contribution in [0.4, 0.5) is 0 Å². The van der Waals surface area contributed by atoms with E-state index in [0.717, 1.165) is 0 Å². The molecule has 0 fully saturated rings. The molecule has 0 aliphatic rings. The molecular formula is C15H17NO5. The summed E-state index contributed by atoms with van der Waals surface area (Å²) in [6, 6.07) is 7.88. The highest BCUT2D eigenvalue weighted by molar-refractivity contribution is 5.86. The fourth-order valence-electron chi connectivity index (χ4n) is 2.06. The molecule has 0 spiro atoms. The van der Waals surface area contributed by atoms with Crippen molar-refractivity contribution in [1.82, 2.24) is 0 Å². The second-order valence-electron chi connectivity index (χ2n) is 4.25. The molecule has 2 rings (SSSR count). The number of esters is 1.